The first-order valence-electron chi connectivity index (χ1n) is 18.7. The number of aromatic nitrogens is 1. The standard InChI is InChI=1S/C40H56N4O5S/c1-7-24-50(47,48)41-37(45)30-14-16-33-34(26-30)43(27-39(3,4)38(46)44-21-11-18-40(44)19-22-42(5)23-20-40)36(35(33)29-12-9-8-10-13-29)32-17-15-31(49-6)25-28(32)2/h14-17,25-26,29H,7-13,18-24,27H2,1-6H3,(H,41,45). The molecule has 3 aromatic rings. The molecule has 2 aliphatic heterocycles. The molecule has 3 fully saturated rings. The number of nitrogens with zero attached hydrogens (tertiary/aromatic N) is 3. The van der Waals surface area contributed by atoms with Crippen LogP contribution in [0.4, 0.5) is 0 Å². The Bertz CT molecular complexity index is 1850. The first-order chi connectivity index (χ1) is 23.8. The summed E-state index contributed by atoms with van der Waals surface area (Å²) in [7, 11) is 0.0826. The van der Waals surface area contributed by atoms with Crippen LogP contribution in [-0.4, -0.2) is 79.7 Å². The highest BCUT2D eigenvalue weighted by Crippen LogP contribution is 2.47. The molecule has 1 saturated carbocycles. The van der Waals surface area contributed by atoms with Crippen LogP contribution in [-0.2, 0) is 21.4 Å². The molecule has 3 heterocycles. The van der Waals surface area contributed by atoms with Crippen LogP contribution in [0.5, 0.6) is 5.75 Å². The summed E-state index contributed by atoms with van der Waals surface area (Å²) in [6.45, 7) is 11.2. The number of aryl methyl sites for hydroxylation is 1. The van der Waals surface area contributed by atoms with Gasteiger partial charge >= 0.3 is 0 Å². The SMILES string of the molecule is CCCS(=O)(=O)NC(=O)c1ccc2c(C3CCCCC3)c(-c3ccc(OC)cc3C)n(CC(C)(C)C(=O)N3CCCC34CCN(C)CC4)c2c1. The number of ether oxygens (including phenoxy) is 1. The predicted octanol–water partition coefficient (Wildman–Crippen LogP) is 7.26. The third-order valence-electron chi connectivity index (χ3n) is 11.7. The monoisotopic (exact) mass is 704 g/mol. The number of rotatable bonds is 10. The van der Waals surface area contributed by atoms with Gasteiger partial charge in [-0.25, -0.2) is 13.1 Å². The molecule has 2 amide bonds. The van der Waals surface area contributed by atoms with Crippen molar-refractivity contribution in [3.63, 3.8) is 0 Å². The number of fused-ring (bicyclic) bond motifs is 1. The van der Waals surface area contributed by atoms with E-state index < -0.39 is 21.3 Å². The normalized spacial score (nSPS) is 19.0. The summed E-state index contributed by atoms with van der Waals surface area (Å²) in [6.07, 6.45) is 10.2. The van der Waals surface area contributed by atoms with E-state index in [-0.39, 0.29) is 22.8 Å². The highest BCUT2D eigenvalue weighted by Gasteiger charge is 2.48. The van der Waals surface area contributed by atoms with Gasteiger partial charge in [-0.05, 0) is 120 Å². The molecule has 2 aromatic carbocycles. The van der Waals surface area contributed by atoms with Crippen molar-refractivity contribution in [2.75, 3.05) is 39.5 Å². The van der Waals surface area contributed by atoms with Gasteiger partial charge in [-0.15, -0.1) is 0 Å². The maximum Gasteiger partial charge on any atom is 0.264 e. The van der Waals surface area contributed by atoms with Crippen molar-refractivity contribution in [3.05, 3.63) is 53.1 Å². The summed E-state index contributed by atoms with van der Waals surface area (Å²) in [5.41, 5.74) is 4.80. The maximum atomic E-state index is 14.8. The van der Waals surface area contributed by atoms with E-state index >= 15 is 0 Å². The van der Waals surface area contributed by atoms with Crippen LogP contribution < -0.4 is 9.46 Å². The summed E-state index contributed by atoms with van der Waals surface area (Å²) < 4.78 is 35.4. The summed E-state index contributed by atoms with van der Waals surface area (Å²) in [4.78, 5) is 32.9. The molecule has 0 atom stereocenters. The Morgan fingerprint density at radius 2 is 1.70 bits per heavy atom. The van der Waals surface area contributed by atoms with Gasteiger partial charge < -0.3 is 19.1 Å². The van der Waals surface area contributed by atoms with Crippen LogP contribution in [0.15, 0.2) is 36.4 Å². The minimum absolute atomic E-state index is 0.0858. The molecule has 1 aliphatic carbocycles. The summed E-state index contributed by atoms with van der Waals surface area (Å²) in [6, 6.07) is 11.8. The van der Waals surface area contributed by atoms with E-state index in [2.05, 4.69) is 59.0 Å². The fourth-order valence-corrected chi connectivity index (χ4v) is 10.0. The Morgan fingerprint density at radius 3 is 2.36 bits per heavy atom. The fourth-order valence-electron chi connectivity index (χ4n) is 8.96. The topological polar surface area (TPSA) is 101 Å². The molecule has 9 nitrogen and oxygen atoms in total. The molecule has 0 bridgehead atoms. The minimum atomic E-state index is -3.76. The second-order valence-corrected chi connectivity index (χ2v) is 17.7. The lowest BCUT2D eigenvalue weighted by atomic mass is 9.81. The number of hydrogen-bond acceptors (Lipinski definition) is 6. The summed E-state index contributed by atoms with van der Waals surface area (Å²) in [5, 5.41) is 1.06. The van der Waals surface area contributed by atoms with Gasteiger partial charge in [-0.3, -0.25) is 9.59 Å². The number of piperidine rings is 1. The Balaban J connectivity index is 1.52. The van der Waals surface area contributed by atoms with Crippen LogP contribution in [0.25, 0.3) is 22.2 Å². The third-order valence-corrected chi connectivity index (χ3v) is 13.1. The predicted molar refractivity (Wildman–Crippen MR) is 200 cm³/mol. The van der Waals surface area contributed by atoms with Gasteiger partial charge in [0.25, 0.3) is 5.91 Å². The zero-order valence-electron chi connectivity index (χ0n) is 30.9. The Morgan fingerprint density at radius 1 is 0.980 bits per heavy atom. The molecule has 10 heteroatoms. The Hall–Kier alpha value is -3.37. The van der Waals surface area contributed by atoms with E-state index in [9.17, 15) is 18.0 Å². The van der Waals surface area contributed by atoms with Crippen molar-refractivity contribution in [1.82, 2.24) is 19.1 Å². The number of amides is 2. The van der Waals surface area contributed by atoms with Crippen LogP contribution in [0.2, 0.25) is 0 Å². The van der Waals surface area contributed by atoms with Crippen molar-refractivity contribution in [2.45, 2.75) is 110 Å². The first kappa shape index (κ1) is 36.4. The zero-order valence-corrected chi connectivity index (χ0v) is 31.8. The number of likely N-dealkylation sites (tertiary alicyclic amines) is 2. The molecular formula is C40H56N4O5S. The highest BCUT2D eigenvalue weighted by molar-refractivity contribution is 7.90. The molecule has 272 valence electrons. The van der Waals surface area contributed by atoms with Gasteiger partial charge in [0.05, 0.1) is 24.0 Å². The zero-order chi connectivity index (χ0) is 35.8. The number of sulfonamides is 1. The molecule has 50 heavy (non-hydrogen) atoms. The third kappa shape index (κ3) is 7.07. The average molecular weight is 705 g/mol. The van der Waals surface area contributed by atoms with Crippen molar-refractivity contribution in [2.24, 2.45) is 5.41 Å². The molecular weight excluding hydrogens is 649 g/mol. The number of methoxy groups -OCH3 is 1. The van der Waals surface area contributed by atoms with Crippen molar-refractivity contribution in [3.8, 4) is 17.0 Å². The minimum Gasteiger partial charge on any atom is -0.497 e. The highest BCUT2D eigenvalue weighted by atomic mass is 32.2. The van der Waals surface area contributed by atoms with Gasteiger partial charge in [-0.2, -0.15) is 0 Å². The maximum absolute atomic E-state index is 14.8. The van der Waals surface area contributed by atoms with E-state index in [0.29, 0.717) is 18.9 Å². The number of benzene rings is 2. The smallest absolute Gasteiger partial charge is 0.264 e. The molecule has 6 rings (SSSR count). The second kappa shape index (κ2) is 14.3. The largest absolute Gasteiger partial charge is 0.497 e. The van der Waals surface area contributed by atoms with Crippen LogP contribution in [0, 0.1) is 12.3 Å². The lowest BCUT2D eigenvalue weighted by Gasteiger charge is -2.46. The van der Waals surface area contributed by atoms with E-state index in [1.165, 1.54) is 12.0 Å². The number of carbonyl (C=O) groups excluding carboxylic acids is 2. The van der Waals surface area contributed by atoms with Gasteiger partial charge in [0, 0.05) is 53.7 Å². The molecule has 1 spiro atoms. The lowest BCUT2D eigenvalue weighted by Crippen LogP contribution is -2.56. The summed E-state index contributed by atoms with van der Waals surface area (Å²) in [5.74, 6) is 0.541. The average Bonchev–Trinajstić information content (AvgIpc) is 3.63. The molecule has 3 aliphatic rings. The van der Waals surface area contributed by atoms with Crippen molar-refractivity contribution < 1.29 is 22.7 Å². The van der Waals surface area contributed by atoms with Gasteiger partial charge in [0.1, 0.15) is 5.75 Å². The Kier molecular flexibility index (Phi) is 10.4. The molecule has 0 unspecified atom stereocenters. The summed E-state index contributed by atoms with van der Waals surface area (Å²) >= 11 is 0. The Labute approximate surface area is 298 Å². The lowest BCUT2D eigenvalue weighted by molar-refractivity contribution is -0.147. The first-order valence-corrected chi connectivity index (χ1v) is 20.3. The van der Waals surface area contributed by atoms with Crippen molar-refractivity contribution in [1.29, 1.82) is 0 Å². The molecule has 1 N–H and O–H groups in total. The number of hydrogen-bond donors (Lipinski definition) is 1. The van der Waals surface area contributed by atoms with Gasteiger partial charge in [0.2, 0.25) is 15.9 Å². The quantitative estimate of drug-likeness (QED) is 0.239. The van der Waals surface area contributed by atoms with E-state index in [4.69, 9.17) is 4.74 Å². The van der Waals surface area contributed by atoms with Crippen molar-refractivity contribution >= 4 is 32.7 Å². The van der Waals surface area contributed by atoms with Crippen LogP contribution >= 0.6 is 0 Å². The van der Waals surface area contributed by atoms with Crippen LogP contribution in [0.3, 0.4) is 0 Å². The van der Waals surface area contributed by atoms with Crippen LogP contribution in [0.1, 0.15) is 112 Å². The molecule has 1 aromatic heterocycles. The van der Waals surface area contributed by atoms with Gasteiger partial charge in [-0.1, -0.05) is 32.3 Å². The van der Waals surface area contributed by atoms with Gasteiger partial charge in [0.15, 0.2) is 0 Å². The second-order valence-electron chi connectivity index (χ2n) is 15.8. The fraction of sp³-hybridized carbons (Fsp3) is 0.600. The number of nitrogens with one attached hydrogen (secondary N) is 1. The van der Waals surface area contributed by atoms with E-state index in [1.54, 1.807) is 20.1 Å². The molecule has 2 saturated heterocycles. The number of carbonyl (C=O) groups is 2. The molecule has 0 radical (unpaired) electrons. The van der Waals surface area contributed by atoms with E-state index in [0.717, 1.165) is 104 Å². The van der Waals surface area contributed by atoms with E-state index in [1.807, 2.05) is 18.2 Å².